The van der Waals surface area contributed by atoms with Crippen LogP contribution in [0.1, 0.15) is 11.1 Å². The maximum absolute atomic E-state index is 13.0. The molecule has 2 aromatic rings. The fourth-order valence-electron chi connectivity index (χ4n) is 1.58. The van der Waals surface area contributed by atoms with Gasteiger partial charge in [-0.1, -0.05) is 15.9 Å². The maximum atomic E-state index is 13.0. The fourth-order valence-corrected chi connectivity index (χ4v) is 1.97. The van der Waals surface area contributed by atoms with E-state index in [1.54, 1.807) is 10.7 Å². The zero-order valence-corrected chi connectivity index (χ0v) is 11.0. The van der Waals surface area contributed by atoms with Crippen molar-refractivity contribution in [1.82, 2.24) is 15.1 Å². The molecule has 90 valence electrons. The number of rotatable bonds is 4. The van der Waals surface area contributed by atoms with E-state index in [0.29, 0.717) is 6.54 Å². The predicted octanol–water partition coefficient (Wildman–Crippen LogP) is 2.61. The molecule has 5 heteroatoms. The van der Waals surface area contributed by atoms with Crippen LogP contribution in [-0.2, 0) is 20.1 Å². The lowest BCUT2D eigenvalue weighted by atomic mass is 10.2. The van der Waals surface area contributed by atoms with Gasteiger partial charge in [-0.2, -0.15) is 5.10 Å². The average molecular weight is 298 g/mol. The van der Waals surface area contributed by atoms with Crippen LogP contribution < -0.4 is 5.32 Å². The lowest BCUT2D eigenvalue weighted by molar-refractivity contribution is 0.619. The summed E-state index contributed by atoms with van der Waals surface area (Å²) in [5, 5.41) is 7.33. The third kappa shape index (κ3) is 3.38. The standard InChI is InChI=1S/C12H13BrFN3/c1-17-8-9(6-16-17)5-15-7-10-4-11(14)2-3-12(10)13/h2-4,6,8,15H,5,7H2,1H3. The maximum Gasteiger partial charge on any atom is 0.123 e. The summed E-state index contributed by atoms with van der Waals surface area (Å²) in [5.41, 5.74) is 2.02. The molecule has 1 N–H and O–H groups in total. The van der Waals surface area contributed by atoms with Crippen LogP contribution >= 0.6 is 15.9 Å². The molecule has 0 atom stereocenters. The van der Waals surface area contributed by atoms with Crippen LogP contribution in [-0.4, -0.2) is 9.78 Å². The molecule has 0 fully saturated rings. The largest absolute Gasteiger partial charge is 0.308 e. The van der Waals surface area contributed by atoms with E-state index in [2.05, 4.69) is 26.3 Å². The van der Waals surface area contributed by atoms with Crippen molar-refractivity contribution in [3.63, 3.8) is 0 Å². The molecule has 0 aliphatic rings. The zero-order chi connectivity index (χ0) is 12.3. The first-order chi connectivity index (χ1) is 8.15. The number of halogens is 2. The fraction of sp³-hybridized carbons (Fsp3) is 0.250. The number of aryl methyl sites for hydroxylation is 1. The van der Waals surface area contributed by atoms with Crippen LogP contribution in [0, 0.1) is 5.82 Å². The minimum atomic E-state index is -0.216. The number of hydrogen-bond donors (Lipinski definition) is 1. The van der Waals surface area contributed by atoms with Gasteiger partial charge in [-0.25, -0.2) is 4.39 Å². The molecule has 17 heavy (non-hydrogen) atoms. The van der Waals surface area contributed by atoms with E-state index in [0.717, 1.165) is 22.1 Å². The molecule has 0 radical (unpaired) electrons. The Morgan fingerprint density at radius 2 is 2.24 bits per heavy atom. The summed E-state index contributed by atoms with van der Waals surface area (Å²) in [7, 11) is 1.88. The van der Waals surface area contributed by atoms with Crippen molar-refractivity contribution in [3.05, 3.63) is 52.0 Å². The Morgan fingerprint density at radius 3 is 2.94 bits per heavy atom. The van der Waals surface area contributed by atoms with Gasteiger partial charge in [0.15, 0.2) is 0 Å². The summed E-state index contributed by atoms with van der Waals surface area (Å²) >= 11 is 3.40. The molecule has 2 rings (SSSR count). The molecular weight excluding hydrogens is 285 g/mol. The number of nitrogens with zero attached hydrogens (tertiary/aromatic N) is 2. The summed E-state index contributed by atoms with van der Waals surface area (Å²) in [5.74, 6) is -0.216. The predicted molar refractivity (Wildman–Crippen MR) is 67.9 cm³/mol. The summed E-state index contributed by atoms with van der Waals surface area (Å²) < 4.78 is 15.7. The Kier molecular flexibility index (Phi) is 3.91. The molecule has 3 nitrogen and oxygen atoms in total. The van der Waals surface area contributed by atoms with Gasteiger partial charge in [-0.3, -0.25) is 4.68 Å². The lowest BCUT2D eigenvalue weighted by Gasteiger charge is -2.06. The molecule has 0 unspecified atom stereocenters. The van der Waals surface area contributed by atoms with Crippen molar-refractivity contribution in [1.29, 1.82) is 0 Å². The first-order valence-electron chi connectivity index (χ1n) is 5.27. The molecule has 0 aliphatic carbocycles. The van der Waals surface area contributed by atoms with Gasteiger partial charge in [-0.15, -0.1) is 0 Å². The van der Waals surface area contributed by atoms with Crippen molar-refractivity contribution >= 4 is 15.9 Å². The van der Waals surface area contributed by atoms with Gasteiger partial charge in [0.25, 0.3) is 0 Å². The molecule has 0 amide bonds. The van der Waals surface area contributed by atoms with Crippen molar-refractivity contribution in [2.75, 3.05) is 0 Å². The van der Waals surface area contributed by atoms with Crippen LogP contribution in [0.25, 0.3) is 0 Å². The summed E-state index contributed by atoms with van der Waals surface area (Å²) in [6.07, 6.45) is 3.77. The van der Waals surface area contributed by atoms with Crippen molar-refractivity contribution < 1.29 is 4.39 Å². The normalized spacial score (nSPS) is 10.8. The highest BCUT2D eigenvalue weighted by Crippen LogP contribution is 2.17. The van der Waals surface area contributed by atoms with E-state index < -0.39 is 0 Å². The molecule has 1 aromatic heterocycles. The molecule has 0 spiro atoms. The first kappa shape index (κ1) is 12.3. The van der Waals surface area contributed by atoms with Crippen molar-refractivity contribution in [2.45, 2.75) is 13.1 Å². The summed E-state index contributed by atoms with van der Waals surface area (Å²) in [6, 6.07) is 4.69. The highest BCUT2D eigenvalue weighted by molar-refractivity contribution is 9.10. The van der Waals surface area contributed by atoms with Crippen molar-refractivity contribution in [3.8, 4) is 0 Å². The smallest absolute Gasteiger partial charge is 0.123 e. The molecule has 0 bridgehead atoms. The van der Waals surface area contributed by atoms with Crippen LogP contribution in [0.2, 0.25) is 0 Å². The van der Waals surface area contributed by atoms with Gasteiger partial charge in [0.05, 0.1) is 6.20 Å². The van der Waals surface area contributed by atoms with E-state index in [1.807, 2.05) is 19.4 Å². The summed E-state index contributed by atoms with van der Waals surface area (Å²) in [4.78, 5) is 0. The van der Waals surface area contributed by atoms with Crippen LogP contribution in [0.15, 0.2) is 35.1 Å². The van der Waals surface area contributed by atoms with Gasteiger partial charge < -0.3 is 5.32 Å². The lowest BCUT2D eigenvalue weighted by Crippen LogP contribution is -2.12. The number of nitrogens with one attached hydrogen (secondary N) is 1. The van der Waals surface area contributed by atoms with E-state index in [9.17, 15) is 4.39 Å². The Balaban J connectivity index is 1.91. The first-order valence-corrected chi connectivity index (χ1v) is 6.06. The van der Waals surface area contributed by atoms with Crippen LogP contribution in [0.4, 0.5) is 4.39 Å². The van der Waals surface area contributed by atoms with Gasteiger partial charge in [0, 0.05) is 36.4 Å². The van der Waals surface area contributed by atoms with Gasteiger partial charge in [0.2, 0.25) is 0 Å². The minimum absolute atomic E-state index is 0.216. The molecule has 0 aliphatic heterocycles. The number of benzene rings is 1. The highest BCUT2D eigenvalue weighted by atomic mass is 79.9. The van der Waals surface area contributed by atoms with E-state index >= 15 is 0 Å². The Labute approximate surface area is 108 Å². The highest BCUT2D eigenvalue weighted by Gasteiger charge is 2.02. The number of hydrogen-bond acceptors (Lipinski definition) is 2. The topological polar surface area (TPSA) is 29.9 Å². The van der Waals surface area contributed by atoms with Gasteiger partial charge in [0.1, 0.15) is 5.82 Å². The molecule has 0 saturated heterocycles. The van der Waals surface area contributed by atoms with E-state index in [-0.39, 0.29) is 5.82 Å². The quantitative estimate of drug-likeness (QED) is 0.940. The molecule has 1 aromatic carbocycles. The second-order valence-corrected chi connectivity index (χ2v) is 4.72. The Bertz CT molecular complexity index is 510. The average Bonchev–Trinajstić information content (AvgIpc) is 2.69. The Morgan fingerprint density at radius 1 is 1.41 bits per heavy atom. The Hall–Kier alpha value is -1.20. The van der Waals surface area contributed by atoms with E-state index in [1.165, 1.54) is 12.1 Å². The van der Waals surface area contributed by atoms with Crippen molar-refractivity contribution in [2.24, 2.45) is 7.05 Å². The second kappa shape index (κ2) is 5.42. The molecular formula is C12H13BrFN3. The third-order valence-electron chi connectivity index (χ3n) is 2.41. The molecule has 1 heterocycles. The number of aromatic nitrogens is 2. The monoisotopic (exact) mass is 297 g/mol. The second-order valence-electron chi connectivity index (χ2n) is 3.86. The minimum Gasteiger partial charge on any atom is -0.308 e. The van der Waals surface area contributed by atoms with Crippen LogP contribution in [0.5, 0.6) is 0 Å². The van der Waals surface area contributed by atoms with Gasteiger partial charge in [-0.05, 0) is 23.8 Å². The molecule has 0 saturated carbocycles. The van der Waals surface area contributed by atoms with Crippen LogP contribution in [0.3, 0.4) is 0 Å². The van der Waals surface area contributed by atoms with Gasteiger partial charge >= 0.3 is 0 Å². The van der Waals surface area contributed by atoms with E-state index in [4.69, 9.17) is 0 Å². The third-order valence-corrected chi connectivity index (χ3v) is 3.18. The summed E-state index contributed by atoms with van der Waals surface area (Å²) in [6.45, 7) is 1.34. The SMILES string of the molecule is Cn1cc(CNCc2cc(F)ccc2Br)cn1. The zero-order valence-electron chi connectivity index (χ0n) is 9.45.